The smallest absolute Gasteiger partial charge is 0.0406 e. The van der Waals surface area contributed by atoms with Gasteiger partial charge in [0.2, 0.25) is 0 Å². The van der Waals surface area contributed by atoms with Gasteiger partial charge in [0.25, 0.3) is 0 Å². The Morgan fingerprint density at radius 3 is 2.00 bits per heavy atom. The minimum atomic E-state index is 0.144. The molecule has 17 heavy (non-hydrogen) atoms. The van der Waals surface area contributed by atoms with Crippen LogP contribution in [-0.2, 0) is 5.41 Å². The maximum absolute atomic E-state index is 2.44. The number of benzene rings is 1. The normalized spacial score (nSPS) is 24.3. The molecule has 1 aliphatic rings. The molecule has 0 fully saturated rings. The van der Waals surface area contributed by atoms with Gasteiger partial charge in [0.05, 0.1) is 0 Å². The highest BCUT2D eigenvalue weighted by Gasteiger charge is 2.55. The third-order valence-corrected chi connectivity index (χ3v) is 5.87. The minimum absolute atomic E-state index is 0.144. The number of fused-ring (bicyclic) bond motifs is 1. The highest BCUT2D eigenvalue weighted by atomic mass is 15.2. The monoisotopic (exact) mass is 231 g/mol. The fraction of sp³-hybridized carbons (Fsp3) is 0.625. The molecule has 1 aliphatic heterocycles. The second-order valence-electron chi connectivity index (χ2n) is 6.89. The lowest BCUT2D eigenvalue weighted by atomic mass is 9.53. The van der Waals surface area contributed by atoms with E-state index in [1.54, 1.807) is 0 Å². The maximum Gasteiger partial charge on any atom is 0.0406 e. The molecule has 0 saturated heterocycles. The van der Waals surface area contributed by atoms with E-state index in [1.165, 1.54) is 11.3 Å². The van der Waals surface area contributed by atoms with Gasteiger partial charge in [-0.25, -0.2) is 0 Å². The molecular weight excluding hydrogens is 206 g/mol. The van der Waals surface area contributed by atoms with Gasteiger partial charge in [-0.15, -0.1) is 0 Å². The van der Waals surface area contributed by atoms with Crippen LogP contribution in [0.25, 0.3) is 0 Å². The topological polar surface area (TPSA) is 3.24 Å². The summed E-state index contributed by atoms with van der Waals surface area (Å²) >= 11 is 0. The molecule has 0 bridgehead atoms. The van der Waals surface area contributed by atoms with Gasteiger partial charge in [0.15, 0.2) is 0 Å². The van der Waals surface area contributed by atoms with E-state index in [2.05, 4.69) is 77.8 Å². The number of rotatable bonds is 0. The Labute approximate surface area is 106 Å². The second-order valence-corrected chi connectivity index (χ2v) is 6.89. The molecular formula is C16H25N. The van der Waals surface area contributed by atoms with Crippen molar-refractivity contribution in [1.82, 2.24) is 0 Å². The number of anilines is 1. The molecule has 0 N–H and O–H groups in total. The van der Waals surface area contributed by atoms with Gasteiger partial charge in [0, 0.05) is 18.3 Å². The van der Waals surface area contributed by atoms with E-state index in [0.717, 1.165) is 0 Å². The molecule has 0 saturated carbocycles. The Morgan fingerprint density at radius 2 is 1.41 bits per heavy atom. The van der Waals surface area contributed by atoms with Crippen molar-refractivity contribution in [2.45, 2.75) is 52.5 Å². The Balaban J connectivity index is 2.76. The summed E-state index contributed by atoms with van der Waals surface area (Å²) in [5.41, 5.74) is 3.38. The van der Waals surface area contributed by atoms with Gasteiger partial charge in [-0.3, -0.25) is 0 Å². The SMILES string of the molecule is CN1c2ccccc2C(C)(C)C(C)(C)C1(C)C. The van der Waals surface area contributed by atoms with E-state index in [9.17, 15) is 0 Å². The van der Waals surface area contributed by atoms with Crippen molar-refractivity contribution < 1.29 is 0 Å². The molecule has 2 rings (SSSR count). The number of hydrogen-bond acceptors (Lipinski definition) is 1. The van der Waals surface area contributed by atoms with Crippen LogP contribution in [0.2, 0.25) is 0 Å². The summed E-state index contributed by atoms with van der Waals surface area (Å²) in [4.78, 5) is 2.44. The van der Waals surface area contributed by atoms with Gasteiger partial charge in [-0.2, -0.15) is 0 Å². The summed E-state index contributed by atoms with van der Waals surface area (Å²) in [5.74, 6) is 0. The zero-order valence-electron chi connectivity index (χ0n) is 12.3. The predicted molar refractivity (Wildman–Crippen MR) is 75.7 cm³/mol. The van der Waals surface area contributed by atoms with E-state index in [4.69, 9.17) is 0 Å². The molecule has 0 atom stereocenters. The van der Waals surface area contributed by atoms with Crippen LogP contribution in [0.4, 0.5) is 5.69 Å². The molecule has 1 nitrogen and oxygen atoms in total. The van der Waals surface area contributed by atoms with Gasteiger partial charge in [0.1, 0.15) is 0 Å². The molecule has 1 heteroatoms. The van der Waals surface area contributed by atoms with Gasteiger partial charge >= 0.3 is 0 Å². The van der Waals surface area contributed by atoms with Crippen molar-refractivity contribution >= 4 is 5.69 Å². The lowest BCUT2D eigenvalue weighted by Crippen LogP contribution is -2.63. The first-order valence-electron chi connectivity index (χ1n) is 6.47. The first kappa shape index (κ1) is 12.5. The number of nitrogens with zero attached hydrogens (tertiary/aromatic N) is 1. The van der Waals surface area contributed by atoms with E-state index in [0.29, 0.717) is 0 Å². The Kier molecular flexibility index (Phi) is 2.40. The fourth-order valence-electron chi connectivity index (χ4n) is 3.12. The van der Waals surface area contributed by atoms with Crippen LogP contribution >= 0.6 is 0 Å². The van der Waals surface area contributed by atoms with Gasteiger partial charge in [-0.1, -0.05) is 45.9 Å². The third-order valence-electron chi connectivity index (χ3n) is 5.87. The summed E-state index contributed by atoms with van der Waals surface area (Å²) < 4.78 is 0. The van der Waals surface area contributed by atoms with Crippen LogP contribution in [0.15, 0.2) is 24.3 Å². The molecule has 0 radical (unpaired) electrons. The van der Waals surface area contributed by atoms with Crippen molar-refractivity contribution in [3.63, 3.8) is 0 Å². The summed E-state index contributed by atoms with van der Waals surface area (Å²) in [6.45, 7) is 14.2. The van der Waals surface area contributed by atoms with E-state index in [1.807, 2.05) is 0 Å². The molecule has 0 aromatic heterocycles. The van der Waals surface area contributed by atoms with Crippen molar-refractivity contribution in [3.05, 3.63) is 29.8 Å². The summed E-state index contributed by atoms with van der Waals surface area (Å²) in [7, 11) is 2.22. The van der Waals surface area contributed by atoms with Crippen molar-refractivity contribution in [1.29, 1.82) is 0 Å². The molecule has 1 aromatic rings. The summed E-state index contributed by atoms with van der Waals surface area (Å²) in [6.07, 6.45) is 0. The summed E-state index contributed by atoms with van der Waals surface area (Å²) in [6, 6.07) is 8.82. The average Bonchev–Trinajstić information content (AvgIpc) is 2.26. The standard InChI is InChI=1S/C16H25N/c1-14(2)12-10-8-9-11-13(12)17(7)16(5,6)15(14,3)4/h8-11H,1-7H3. The van der Waals surface area contributed by atoms with Crippen molar-refractivity contribution in [2.75, 3.05) is 11.9 Å². The highest BCUT2D eigenvalue weighted by Crippen LogP contribution is 2.57. The second kappa shape index (κ2) is 3.28. The Bertz CT molecular complexity index is 441. The Hall–Kier alpha value is -0.980. The van der Waals surface area contributed by atoms with Crippen LogP contribution < -0.4 is 4.90 Å². The molecule has 1 aromatic carbocycles. The molecule has 0 aliphatic carbocycles. The molecule has 0 amide bonds. The first-order chi connectivity index (χ1) is 7.64. The minimum Gasteiger partial charge on any atom is -0.369 e. The third kappa shape index (κ3) is 1.31. The number of para-hydroxylation sites is 1. The molecule has 0 unspecified atom stereocenters. The van der Waals surface area contributed by atoms with E-state index < -0.39 is 0 Å². The predicted octanol–water partition coefficient (Wildman–Crippen LogP) is 4.22. The van der Waals surface area contributed by atoms with E-state index >= 15 is 0 Å². The van der Waals surface area contributed by atoms with Gasteiger partial charge < -0.3 is 4.90 Å². The van der Waals surface area contributed by atoms with Crippen LogP contribution in [0.3, 0.4) is 0 Å². The Morgan fingerprint density at radius 1 is 0.882 bits per heavy atom. The van der Waals surface area contributed by atoms with Crippen LogP contribution in [-0.4, -0.2) is 12.6 Å². The molecule has 0 spiro atoms. The molecule has 94 valence electrons. The van der Waals surface area contributed by atoms with E-state index in [-0.39, 0.29) is 16.4 Å². The van der Waals surface area contributed by atoms with Crippen molar-refractivity contribution in [2.24, 2.45) is 5.41 Å². The largest absolute Gasteiger partial charge is 0.369 e. The fourth-order valence-corrected chi connectivity index (χ4v) is 3.12. The zero-order valence-corrected chi connectivity index (χ0v) is 12.3. The summed E-state index contributed by atoms with van der Waals surface area (Å²) in [5, 5.41) is 0. The average molecular weight is 231 g/mol. The van der Waals surface area contributed by atoms with Crippen LogP contribution in [0, 0.1) is 5.41 Å². The van der Waals surface area contributed by atoms with Crippen molar-refractivity contribution in [3.8, 4) is 0 Å². The number of hydrogen-bond donors (Lipinski definition) is 0. The zero-order chi connectivity index (χ0) is 13.1. The maximum atomic E-state index is 2.44. The molecule has 1 heterocycles. The quantitative estimate of drug-likeness (QED) is 0.646. The van der Waals surface area contributed by atoms with Crippen LogP contribution in [0.5, 0.6) is 0 Å². The lowest BCUT2D eigenvalue weighted by molar-refractivity contribution is 0.0809. The first-order valence-corrected chi connectivity index (χ1v) is 6.47. The van der Waals surface area contributed by atoms with Crippen LogP contribution in [0.1, 0.15) is 47.1 Å². The highest BCUT2D eigenvalue weighted by molar-refractivity contribution is 5.62. The lowest BCUT2D eigenvalue weighted by Gasteiger charge is -2.61. The van der Waals surface area contributed by atoms with Gasteiger partial charge in [-0.05, 0) is 36.3 Å².